The van der Waals surface area contributed by atoms with E-state index in [1.165, 1.54) is 11.3 Å². The molecule has 0 aliphatic rings. The third-order valence-corrected chi connectivity index (χ3v) is 3.22. The number of rotatable bonds is 1. The number of thiazole rings is 1. The standard InChI is InChI=1S/C9H4BrF2NS/c10-8-4-14-9(13-8)6-3-5(11)1-2-7(6)12/h1-4H. The highest BCUT2D eigenvalue weighted by Crippen LogP contribution is 2.28. The average Bonchev–Trinajstić information content (AvgIpc) is 2.56. The molecule has 0 fully saturated rings. The van der Waals surface area contributed by atoms with Gasteiger partial charge in [0.15, 0.2) is 0 Å². The Bertz CT molecular complexity index is 470. The number of nitrogens with zero attached hydrogens (tertiary/aromatic N) is 1. The van der Waals surface area contributed by atoms with Gasteiger partial charge in [-0.1, -0.05) is 0 Å². The van der Waals surface area contributed by atoms with Crippen LogP contribution >= 0.6 is 27.3 Å². The molecule has 1 aromatic heterocycles. The summed E-state index contributed by atoms with van der Waals surface area (Å²) in [6, 6.07) is 3.32. The Morgan fingerprint density at radius 2 is 2.07 bits per heavy atom. The maximum atomic E-state index is 13.2. The summed E-state index contributed by atoms with van der Waals surface area (Å²) in [7, 11) is 0. The first-order valence-electron chi connectivity index (χ1n) is 3.73. The molecule has 0 saturated heterocycles. The Kier molecular flexibility index (Phi) is 2.60. The molecule has 0 spiro atoms. The molecule has 1 nitrogen and oxygen atoms in total. The molecule has 0 aliphatic carbocycles. The SMILES string of the molecule is Fc1ccc(F)c(-c2nc(Br)cs2)c1. The van der Waals surface area contributed by atoms with Gasteiger partial charge in [0.2, 0.25) is 0 Å². The Labute approximate surface area is 91.5 Å². The van der Waals surface area contributed by atoms with E-state index in [1.807, 2.05) is 0 Å². The van der Waals surface area contributed by atoms with Crippen LogP contribution in [0.4, 0.5) is 8.78 Å². The molecular formula is C9H4BrF2NS. The maximum Gasteiger partial charge on any atom is 0.133 e. The fourth-order valence-corrected chi connectivity index (χ4v) is 2.31. The Hall–Kier alpha value is -0.810. The van der Waals surface area contributed by atoms with Crippen LogP contribution in [0.25, 0.3) is 10.6 Å². The summed E-state index contributed by atoms with van der Waals surface area (Å²) >= 11 is 4.42. The van der Waals surface area contributed by atoms with Crippen LogP contribution in [-0.2, 0) is 0 Å². The van der Waals surface area contributed by atoms with Crippen molar-refractivity contribution in [1.82, 2.24) is 4.98 Å². The van der Waals surface area contributed by atoms with Crippen LogP contribution in [0.15, 0.2) is 28.2 Å². The van der Waals surface area contributed by atoms with Crippen LogP contribution in [-0.4, -0.2) is 4.98 Å². The summed E-state index contributed by atoms with van der Waals surface area (Å²) in [6.45, 7) is 0. The van der Waals surface area contributed by atoms with Crippen LogP contribution in [0.3, 0.4) is 0 Å². The van der Waals surface area contributed by atoms with E-state index in [-0.39, 0.29) is 5.56 Å². The van der Waals surface area contributed by atoms with Gasteiger partial charge in [-0.15, -0.1) is 11.3 Å². The zero-order valence-electron chi connectivity index (χ0n) is 6.80. The van der Waals surface area contributed by atoms with E-state index in [9.17, 15) is 8.78 Å². The van der Waals surface area contributed by atoms with Gasteiger partial charge in [0.1, 0.15) is 21.2 Å². The maximum absolute atomic E-state index is 13.2. The Balaban J connectivity index is 2.55. The van der Waals surface area contributed by atoms with Crippen LogP contribution in [0, 0.1) is 11.6 Å². The van der Waals surface area contributed by atoms with Crippen molar-refractivity contribution in [2.45, 2.75) is 0 Å². The minimum atomic E-state index is -0.465. The Morgan fingerprint density at radius 3 is 2.71 bits per heavy atom. The summed E-state index contributed by atoms with van der Waals surface area (Å²) in [5.74, 6) is -0.930. The lowest BCUT2D eigenvalue weighted by molar-refractivity contribution is 0.603. The zero-order chi connectivity index (χ0) is 10.1. The molecule has 0 radical (unpaired) electrons. The lowest BCUT2D eigenvalue weighted by Gasteiger charge is -1.98. The van der Waals surface area contributed by atoms with Gasteiger partial charge in [-0.05, 0) is 34.1 Å². The molecule has 0 atom stereocenters. The van der Waals surface area contributed by atoms with Crippen molar-refractivity contribution >= 4 is 27.3 Å². The monoisotopic (exact) mass is 275 g/mol. The second kappa shape index (κ2) is 3.74. The van der Waals surface area contributed by atoms with E-state index in [4.69, 9.17) is 0 Å². The summed E-state index contributed by atoms with van der Waals surface area (Å²) in [4.78, 5) is 4.01. The van der Waals surface area contributed by atoms with Crippen LogP contribution in [0.2, 0.25) is 0 Å². The molecule has 5 heteroatoms. The van der Waals surface area contributed by atoms with Crippen molar-refractivity contribution in [1.29, 1.82) is 0 Å². The highest BCUT2D eigenvalue weighted by molar-refractivity contribution is 9.10. The smallest absolute Gasteiger partial charge is 0.133 e. The van der Waals surface area contributed by atoms with Gasteiger partial charge in [-0.25, -0.2) is 13.8 Å². The van der Waals surface area contributed by atoms with Gasteiger partial charge in [0.25, 0.3) is 0 Å². The van der Waals surface area contributed by atoms with Crippen molar-refractivity contribution < 1.29 is 8.78 Å². The number of benzene rings is 1. The molecule has 0 unspecified atom stereocenters. The summed E-state index contributed by atoms with van der Waals surface area (Å²) in [5.41, 5.74) is 0.195. The first-order valence-corrected chi connectivity index (χ1v) is 5.40. The number of halogens is 3. The molecule has 2 aromatic rings. The molecule has 1 heterocycles. The van der Waals surface area contributed by atoms with Crippen LogP contribution in [0.1, 0.15) is 0 Å². The molecule has 72 valence electrons. The number of aromatic nitrogens is 1. The van der Waals surface area contributed by atoms with Crippen molar-refractivity contribution in [3.63, 3.8) is 0 Å². The van der Waals surface area contributed by atoms with Gasteiger partial charge < -0.3 is 0 Å². The van der Waals surface area contributed by atoms with Gasteiger partial charge in [0.05, 0.1) is 0 Å². The van der Waals surface area contributed by atoms with Crippen LogP contribution < -0.4 is 0 Å². The van der Waals surface area contributed by atoms with E-state index in [0.29, 0.717) is 9.61 Å². The molecule has 0 amide bonds. The lowest BCUT2D eigenvalue weighted by atomic mass is 10.2. The van der Waals surface area contributed by atoms with E-state index in [1.54, 1.807) is 5.38 Å². The minimum absolute atomic E-state index is 0.195. The van der Waals surface area contributed by atoms with Crippen molar-refractivity contribution in [2.75, 3.05) is 0 Å². The normalized spacial score (nSPS) is 10.5. The topological polar surface area (TPSA) is 12.9 Å². The van der Waals surface area contributed by atoms with Gasteiger partial charge in [-0.3, -0.25) is 0 Å². The average molecular weight is 276 g/mol. The third-order valence-electron chi connectivity index (χ3n) is 1.63. The minimum Gasteiger partial charge on any atom is -0.229 e. The highest BCUT2D eigenvalue weighted by Gasteiger charge is 2.09. The predicted molar refractivity (Wildman–Crippen MR) is 55.2 cm³/mol. The fourth-order valence-electron chi connectivity index (χ4n) is 1.04. The Morgan fingerprint density at radius 1 is 1.29 bits per heavy atom. The molecular weight excluding hydrogens is 272 g/mol. The van der Waals surface area contributed by atoms with Gasteiger partial charge in [-0.2, -0.15) is 0 Å². The first-order chi connectivity index (χ1) is 6.66. The van der Waals surface area contributed by atoms with Gasteiger partial charge >= 0.3 is 0 Å². The molecule has 0 N–H and O–H groups in total. The third kappa shape index (κ3) is 1.83. The molecule has 14 heavy (non-hydrogen) atoms. The second-order valence-electron chi connectivity index (χ2n) is 2.60. The van der Waals surface area contributed by atoms with E-state index in [2.05, 4.69) is 20.9 Å². The van der Waals surface area contributed by atoms with Crippen molar-refractivity contribution in [3.05, 3.63) is 39.8 Å². The summed E-state index contributed by atoms with van der Waals surface area (Å²) < 4.78 is 26.7. The fraction of sp³-hybridized carbons (Fsp3) is 0. The van der Waals surface area contributed by atoms with E-state index < -0.39 is 11.6 Å². The van der Waals surface area contributed by atoms with E-state index >= 15 is 0 Å². The van der Waals surface area contributed by atoms with E-state index in [0.717, 1.165) is 18.2 Å². The van der Waals surface area contributed by atoms with Crippen LogP contribution in [0.5, 0.6) is 0 Å². The highest BCUT2D eigenvalue weighted by atomic mass is 79.9. The van der Waals surface area contributed by atoms with Crippen molar-refractivity contribution in [2.24, 2.45) is 0 Å². The molecule has 0 saturated carbocycles. The second-order valence-corrected chi connectivity index (χ2v) is 4.27. The number of hydrogen-bond donors (Lipinski definition) is 0. The van der Waals surface area contributed by atoms with Crippen molar-refractivity contribution in [3.8, 4) is 10.6 Å². The molecule has 2 rings (SSSR count). The lowest BCUT2D eigenvalue weighted by Crippen LogP contribution is -1.85. The largest absolute Gasteiger partial charge is 0.229 e. The first kappa shape index (κ1) is 9.73. The predicted octanol–water partition coefficient (Wildman–Crippen LogP) is 3.85. The molecule has 0 bridgehead atoms. The quantitative estimate of drug-likeness (QED) is 0.771. The zero-order valence-corrected chi connectivity index (χ0v) is 9.20. The molecule has 0 aliphatic heterocycles. The number of hydrogen-bond acceptors (Lipinski definition) is 2. The summed E-state index contributed by atoms with van der Waals surface area (Å²) in [5, 5.41) is 2.19. The summed E-state index contributed by atoms with van der Waals surface area (Å²) in [6.07, 6.45) is 0. The molecule has 1 aromatic carbocycles. The van der Waals surface area contributed by atoms with Gasteiger partial charge in [0, 0.05) is 10.9 Å².